The normalized spacial score (nSPS) is 10.9. The summed E-state index contributed by atoms with van der Waals surface area (Å²) in [5.74, 6) is 3.59. The lowest BCUT2D eigenvalue weighted by molar-refractivity contribution is 0.680. The van der Waals surface area contributed by atoms with Crippen LogP contribution in [0.5, 0.6) is 0 Å². The molecule has 0 aliphatic rings. The van der Waals surface area contributed by atoms with Crippen molar-refractivity contribution in [2.45, 2.75) is 39.0 Å². The molecule has 0 amide bonds. The van der Waals surface area contributed by atoms with E-state index in [1.165, 1.54) is 41.2 Å². The van der Waals surface area contributed by atoms with Gasteiger partial charge in [0.25, 0.3) is 0 Å². The predicted octanol–water partition coefficient (Wildman–Crippen LogP) is 4.67. The van der Waals surface area contributed by atoms with E-state index in [9.17, 15) is 0 Å². The number of benzene rings is 3. The summed E-state index contributed by atoms with van der Waals surface area (Å²) in [7, 11) is -2.35. The van der Waals surface area contributed by atoms with Crippen LogP contribution >= 0.6 is 0 Å². The molecule has 0 aliphatic heterocycles. The second-order valence-corrected chi connectivity index (χ2v) is 10.4. The Morgan fingerprint density at radius 3 is 1.44 bits per heavy atom. The molecule has 0 unspecified atom stereocenters. The predicted molar refractivity (Wildman–Crippen MR) is 121 cm³/mol. The van der Waals surface area contributed by atoms with Crippen molar-refractivity contribution in [2.24, 2.45) is 0 Å². The highest BCUT2D eigenvalue weighted by atomic mass is 28.3. The summed E-state index contributed by atoms with van der Waals surface area (Å²) >= 11 is 0. The van der Waals surface area contributed by atoms with Gasteiger partial charge in [0.2, 0.25) is 8.07 Å². The Morgan fingerprint density at radius 2 is 1.04 bits per heavy atom. The van der Waals surface area contributed by atoms with E-state index in [4.69, 9.17) is 0 Å². The largest absolute Gasteiger partial charge is 0.229 e. The van der Waals surface area contributed by atoms with Gasteiger partial charge in [-0.3, -0.25) is 0 Å². The summed E-state index contributed by atoms with van der Waals surface area (Å²) < 4.78 is 0. The van der Waals surface area contributed by atoms with Crippen LogP contribution in [0.3, 0.4) is 0 Å². The second kappa shape index (κ2) is 9.95. The molecule has 3 aromatic rings. The topological polar surface area (TPSA) is 0 Å². The monoisotopic (exact) mass is 368 g/mol. The van der Waals surface area contributed by atoms with Crippen molar-refractivity contribution in [2.75, 3.05) is 0 Å². The van der Waals surface area contributed by atoms with Gasteiger partial charge in [0, 0.05) is 6.42 Å². The molecule has 1 heteroatoms. The van der Waals surface area contributed by atoms with Gasteiger partial charge >= 0.3 is 0 Å². The van der Waals surface area contributed by atoms with Crippen LogP contribution < -0.4 is 15.6 Å². The minimum absolute atomic E-state index is 0.987. The van der Waals surface area contributed by atoms with Crippen molar-refractivity contribution in [1.82, 2.24) is 0 Å². The van der Waals surface area contributed by atoms with Gasteiger partial charge in [-0.15, -0.1) is 11.5 Å². The molecule has 0 bridgehead atoms. The molecule has 0 aliphatic carbocycles. The molecule has 0 heterocycles. The van der Waals surface area contributed by atoms with E-state index in [0.29, 0.717) is 0 Å². The number of hydrogen-bond acceptors (Lipinski definition) is 0. The zero-order valence-corrected chi connectivity index (χ0v) is 17.2. The molecule has 0 spiro atoms. The van der Waals surface area contributed by atoms with E-state index in [1.54, 1.807) is 0 Å². The van der Waals surface area contributed by atoms with Gasteiger partial charge in [-0.25, -0.2) is 0 Å². The molecule has 0 nitrogen and oxygen atoms in total. The molecule has 0 atom stereocenters. The zero-order valence-electron chi connectivity index (χ0n) is 16.2. The molecule has 136 valence electrons. The average Bonchev–Trinajstić information content (AvgIpc) is 2.75. The molecule has 0 saturated carbocycles. The van der Waals surface area contributed by atoms with E-state index < -0.39 is 8.07 Å². The first kappa shape index (κ1) is 19.2. The van der Waals surface area contributed by atoms with Gasteiger partial charge < -0.3 is 0 Å². The van der Waals surface area contributed by atoms with Crippen molar-refractivity contribution in [1.29, 1.82) is 0 Å². The highest BCUT2D eigenvalue weighted by Crippen LogP contribution is 2.08. The van der Waals surface area contributed by atoms with Crippen LogP contribution in [0.25, 0.3) is 0 Å². The van der Waals surface area contributed by atoms with Crippen molar-refractivity contribution < 1.29 is 0 Å². The molecule has 0 saturated heterocycles. The van der Waals surface area contributed by atoms with Crippen molar-refractivity contribution in [3.05, 3.63) is 91.0 Å². The van der Waals surface area contributed by atoms with E-state index in [-0.39, 0.29) is 0 Å². The summed E-state index contributed by atoms with van der Waals surface area (Å²) in [4.78, 5) is 0. The van der Waals surface area contributed by atoms with Gasteiger partial charge in [0.05, 0.1) is 0 Å². The molecule has 27 heavy (non-hydrogen) atoms. The van der Waals surface area contributed by atoms with Gasteiger partial charge in [-0.2, -0.15) is 0 Å². The van der Waals surface area contributed by atoms with Crippen LogP contribution in [-0.2, 0) is 0 Å². The molecular formula is C26H28Si. The van der Waals surface area contributed by atoms with Gasteiger partial charge in [-0.05, 0) is 22.0 Å². The van der Waals surface area contributed by atoms with Crippen molar-refractivity contribution in [3.63, 3.8) is 0 Å². The first-order valence-corrected chi connectivity index (χ1v) is 12.0. The molecule has 3 aromatic carbocycles. The highest BCUT2D eigenvalue weighted by Gasteiger charge is 2.38. The molecular weight excluding hydrogens is 340 g/mol. The third kappa shape index (κ3) is 4.59. The van der Waals surface area contributed by atoms with Crippen molar-refractivity contribution in [3.8, 4) is 11.5 Å². The molecule has 3 rings (SSSR count). The Balaban J connectivity index is 2.10. The van der Waals surface area contributed by atoms with Crippen LogP contribution in [0, 0.1) is 11.5 Å². The lowest BCUT2D eigenvalue weighted by Gasteiger charge is -2.28. The fourth-order valence-electron chi connectivity index (χ4n) is 3.62. The van der Waals surface area contributed by atoms with Gasteiger partial charge in [0.15, 0.2) is 0 Å². The van der Waals surface area contributed by atoms with Crippen LogP contribution in [0.2, 0.25) is 0 Å². The summed E-state index contributed by atoms with van der Waals surface area (Å²) in [6.45, 7) is 2.25. The maximum atomic E-state index is 3.85. The number of unbranched alkanes of at least 4 members (excludes halogenated alkanes) is 4. The number of rotatable bonds is 7. The van der Waals surface area contributed by atoms with Gasteiger partial charge in [0.1, 0.15) is 0 Å². The summed E-state index contributed by atoms with van der Waals surface area (Å²) in [5, 5.41) is 4.09. The summed E-state index contributed by atoms with van der Waals surface area (Å²) in [6.07, 6.45) is 6.04. The quantitative estimate of drug-likeness (QED) is 0.246. The Hall–Kier alpha value is -2.56. The maximum Gasteiger partial charge on any atom is 0.229 e. The van der Waals surface area contributed by atoms with E-state index in [2.05, 4.69) is 109 Å². The minimum atomic E-state index is -2.35. The zero-order chi connectivity index (χ0) is 18.8. The van der Waals surface area contributed by atoms with E-state index in [0.717, 1.165) is 6.42 Å². The fourth-order valence-corrected chi connectivity index (χ4v) is 7.52. The lowest BCUT2D eigenvalue weighted by Crippen LogP contribution is -2.66. The molecule has 0 aromatic heterocycles. The van der Waals surface area contributed by atoms with Gasteiger partial charge in [-0.1, -0.05) is 117 Å². The minimum Gasteiger partial charge on any atom is -0.114 e. The highest BCUT2D eigenvalue weighted by molar-refractivity contribution is 7.16. The Labute approximate surface area is 165 Å². The van der Waals surface area contributed by atoms with Crippen LogP contribution in [0.4, 0.5) is 0 Å². The molecule has 0 radical (unpaired) electrons. The van der Waals surface area contributed by atoms with Crippen LogP contribution in [-0.4, -0.2) is 8.07 Å². The molecule has 0 fully saturated rings. The fraction of sp³-hybridized carbons (Fsp3) is 0.231. The summed E-state index contributed by atoms with van der Waals surface area (Å²) in [5.41, 5.74) is 3.85. The van der Waals surface area contributed by atoms with Crippen LogP contribution in [0.1, 0.15) is 39.0 Å². The Morgan fingerprint density at radius 1 is 0.593 bits per heavy atom. The van der Waals surface area contributed by atoms with Crippen LogP contribution in [0.15, 0.2) is 91.0 Å². The lowest BCUT2D eigenvalue weighted by atomic mass is 10.2. The Kier molecular flexibility index (Phi) is 7.08. The van der Waals surface area contributed by atoms with E-state index >= 15 is 0 Å². The standard InChI is InChI=1S/C26H28Si/c1-2-3-4-5-6-16-23-27(24-17-10-7-11-18-24,25-19-12-8-13-20-25)26-21-14-9-15-22-26/h7-15,17-22H,2-6H2,1H3. The number of hydrogen-bond donors (Lipinski definition) is 0. The average molecular weight is 369 g/mol. The smallest absolute Gasteiger partial charge is 0.114 e. The first-order chi connectivity index (χ1) is 13.4. The Bertz CT molecular complexity index is 761. The third-order valence-electron chi connectivity index (χ3n) is 5.05. The summed E-state index contributed by atoms with van der Waals surface area (Å²) in [6, 6.07) is 32.7. The van der Waals surface area contributed by atoms with E-state index in [1.807, 2.05) is 0 Å². The molecule has 0 N–H and O–H groups in total. The maximum absolute atomic E-state index is 3.85. The second-order valence-electron chi connectivity index (χ2n) is 6.96. The van der Waals surface area contributed by atoms with Crippen molar-refractivity contribution >= 4 is 23.6 Å². The SMILES string of the molecule is CCCCCCC#C[Si](c1ccccc1)(c1ccccc1)c1ccccc1. The third-order valence-corrected chi connectivity index (χ3v) is 9.20. The first-order valence-electron chi connectivity index (χ1n) is 10.0.